The zero-order valence-corrected chi connectivity index (χ0v) is 12.9. The second-order valence-electron chi connectivity index (χ2n) is 5.07. The van der Waals surface area contributed by atoms with Crippen LogP contribution in [-0.2, 0) is 6.42 Å². The molecular formula is C17H16ClN3. The van der Waals surface area contributed by atoms with Gasteiger partial charge in [0.2, 0.25) is 0 Å². The van der Waals surface area contributed by atoms with Gasteiger partial charge in [0.25, 0.3) is 0 Å². The van der Waals surface area contributed by atoms with Crippen molar-refractivity contribution in [2.24, 2.45) is 0 Å². The summed E-state index contributed by atoms with van der Waals surface area (Å²) in [5.41, 5.74) is 3.79. The third-order valence-corrected chi connectivity index (χ3v) is 3.85. The quantitative estimate of drug-likeness (QED) is 0.663. The minimum Gasteiger partial charge on any atom is -0.256 e. The van der Waals surface area contributed by atoms with Crippen molar-refractivity contribution in [3.8, 4) is 11.3 Å². The molecule has 2 aromatic heterocycles. The average molecular weight is 298 g/mol. The molecule has 2 heterocycles. The maximum Gasteiger partial charge on any atom is 0.136 e. The summed E-state index contributed by atoms with van der Waals surface area (Å²) in [4.78, 5) is 13.4. The molecule has 1 aromatic carbocycles. The van der Waals surface area contributed by atoms with E-state index in [0.717, 1.165) is 46.4 Å². The van der Waals surface area contributed by atoms with E-state index >= 15 is 0 Å². The van der Waals surface area contributed by atoms with Gasteiger partial charge >= 0.3 is 0 Å². The lowest BCUT2D eigenvalue weighted by Gasteiger charge is -2.10. The van der Waals surface area contributed by atoms with Crippen LogP contribution in [0.4, 0.5) is 0 Å². The van der Waals surface area contributed by atoms with E-state index < -0.39 is 0 Å². The van der Waals surface area contributed by atoms with Crippen molar-refractivity contribution in [1.82, 2.24) is 15.0 Å². The van der Waals surface area contributed by atoms with Crippen molar-refractivity contribution >= 4 is 22.5 Å². The number of rotatable bonds is 3. The minimum absolute atomic E-state index is 0.532. The largest absolute Gasteiger partial charge is 0.256 e. The van der Waals surface area contributed by atoms with E-state index in [1.54, 1.807) is 6.20 Å². The number of nitrogens with zero attached hydrogens (tertiary/aromatic N) is 3. The van der Waals surface area contributed by atoms with Crippen molar-refractivity contribution < 1.29 is 0 Å². The molecule has 21 heavy (non-hydrogen) atoms. The van der Waals surface area contributed by atoms with Crippen LogP contribution in [0.15, 0.2) is 36.5 Å². The summed E-state index contributed by atoms with van der Waals surface area (Å²) in [6.45, 7) is 4.06. The van der Waals surface area contributed by atoms with E-state index in [1.165, 1.54) is 0 Å². The van der Waals surface area contributed by atoms with Crippen LogP contribution < -0.4 is 0 Å². The first-order valence-electron chi connectivity index (χ1n) is 7.07. The summed E-state index contributed by atoms with van der Waals surface area (Å²) in [5.74, 6) is 0.796. The number of benzene rings is 1. The number of pyridine rings is 1. The number of halogens is 1. The third-order valence-electron chi connectivity index (χ3n) is 3.49. The molecule has 0 radical (unpaired) electrons. The van der Waals surface area contributed by atoms with E-state index in [2.05, 4.69) is 46.1 Å². The van der Waals surface area contributed by atoms with Crippen molar-refractivity contribution in [2.75, 3.05) is 0 Å². The molecule has 3 rings (SSSR count). The number of hydrogen-bond acceptors (Lipinski definition) is 3. The van der Waals surface area contributed by atoms with Gasteiger partial charge in [-0.15, -0.1) is 0 Å². The van der Waals surface area contributed by atoms with Gasteiger partial charge in [-0.05, 0) is 25.5 Å². The third kappa shape index (κ3) is 2.74. The molecule has 0 bridgehead atoms. The van der Waals surface area contributed by atoms with Crippen LogP contribution in [0.1, 0.15) is 24.7 Å². The average Bonchev–Trinajstić information content (AvgIpc) is 2.50. The minimum atomic E-state index is 0.532. The van der Waals surface area contributed by atoms with E-state index in [0.29, 0.717) is 5.15 Å². The van der Waals surface area contributed by atoms with Crippen molar-refractivity contribution in [3.63, 3.8) is 0 Å². The Balaban J connectivity index is 2.16. The molecule has 0 aliphatic carbocycles. The lowest BCUT2D eigenvalue weighted by molar-refractivity contribution is 0.833. The molecule has 0 aliphatic rings. The number of fused-ring (bicyclic) bond motifs is 1. The molecule has 0 saturated heterocycles. The maximum absolute atomic E-state index is 6.26. The SMILES string of the molecule is CCCc1nc(Cl)c(C)c(-c2ccc3cccnc3c2)n1. The zero-order valence-electron chi connectivity index (χ0n) is 12.1. The van der Waals surface area contributed by atoms with Crippen LogP contribution in [0.25, 0.3) is 22.2 Å². The van der Waals surface area contributed by atoms with Crippen LogP contribution >= 0.6 is 11.6 Å². The fraction of sp³-hybridized carbons (Fsp3) is 0.235. The number of aryl methyl sites for hydroxylation is 1. The Bertz CT molecular complexity index is 799. The number of aromatic nitrogens is 3. The van der Waals surface area contributed by atoms with Crippen molar-refractivity contribution in [3.05, 3.63) is 53.1 Å². The first-order valence-corrected chi connectivity index (χ1v) is 7.45. The molecule has 0 unspecified atom stereocenters. The van der Waals surface area contributed by atoms with Crippen LogP contribution in [0.2, 0.25) is 5.15 Å². The van der Waals surface area contributed by atoms with Gasteiger partial charge in [0.05, 0.1) is 11.2 Å². The van der Waals surface area contributed by atoms with E-state index in [9.17, 15) is 0 Å². The van der Waals surface area contributed by atoms with Crippen LogP contribution in [-0.4, -0.2) is 15.0 Å². The molecule has 0 spiro atoms. The molecule has 106 valence electrons. The first kappa shape index (κ1) is 14.0. The summed E-state index contributed by atoms with van der Waals surface area (Å²) < 4.78 is 0. The van der Waals surface area contributed by atoms with E-state index in [4.69, 9.17) is 11.6 Å². The van der Waals surface area contributed by atoms with Crippen molar-refractivity contribution in [2.45, 2.75) is 26.7 Å². The summed E-state index contributed by atoms with van der Waals surface area (Å²) in [6, 6.07) is 10.2. The molecular weight excluding hydrogens is 282 g/mol. The van der Waals surface area contributed by atoms with Gasteiger partial charge in [-0.3, -0.25) is 4.98 Å². The fourth-order valence-corrected chi connectivity index (χ4v) is 2.55. The Morgan fingerprint density at radius 1 is 1.14 bits per heavy atom. The van der Waals surface area contributed by atoms with Crippen LogP contribution in [0, 0.1) is 6.92 Å². The molecule has 4 heteroatoms. The molecule has 0 aliphatic heterocycles. The maximum atomic E-state index is 6.26. The van der Waals surface area contributed by atoms with Gasteiger partial charge in [0.15, 0.2) is 0 Å². The summed E-state index contributed by atoms with van der Waals surface area (Å²) >= 11 is 6.26. The predicted octanol–water partition coefficient (Wildman–Crippen LogP) is 4.61. The summed E-state index contributed by atoms with van der Waals surface area (Å²) in [5, 5.41) is 1.65. The van der Waals surface area contributed by atoms with Crippen LogP contribution in [0.5, 0.6) is 0 Å². The standard InChI is InChI=1S/C17H16ClN3/c1-3-5-15-20-16(11(2)17(18)21-15)13-8-7-12-6-4-9-19-14(12)10-13/h4,6-10H,3,5H2,1-2H3. The smallest absolute Gasteiger partial charge is 0.136 e. The van der Waals surface area contributed by atoms with Gasteiger partial charge in [-0.25, -0.2) is 9.97 Å². The normalized spacial score (nSPS) is 11.0. The van der Waals surface area contributed by atoms with Gasteiger partial charge in [0, 0.05) is 29.1 Å². The zero-order chi connectivity index (χ0) is 14.8. The van der Waals surface area contributed by atoms with Crippen LogP contribution in [0.3, 0.4) is 0 Å². The molecule has 0 atom stereocenters. The highest BCUT2D eigenvalue weighted by atomic mass is 35.5. The van der Waals surface area contributed by atoms with Crippen molar-refractivity contribution in [1.29, 1.82) is 0 Å². The lowest BCUT2D eigenvalue weighted by Crippen LogP contribution is -2.00. The monoisotopic (exact) mass is 297 g/mol. The fourth-order valence-electron chi connectivity index (χ4n) is 2.36. The molecule has 0 saturated carbocycles. The molecule has 0 fully saturated rings. The predicted molar refractivity (Wildman–Crippen MR) is 86.5 cm³/mol. The molecule has 3 aromatic rings. The molecule has 0 amide bonds. The van der Waals surface area contributed by atoms with Gasteiger partial charge < -0.3 is 0 Å². The summed E-state index contributed by atoms with van der Waals surface area (Å²) in [7, 11) is 0. The second kappa shape index (κ2) is 5.78. The number of hydrogen-bond donors (Lipinski definition) is 0. The second-order valence-corrected chi connectivity index (χ2v) is 5.42. The Morgan fingerprint density at radius 2 is 2.00 bits per heavy atom. The Kier molecular flexibility index (Phi) is 3.84. The summed E-state index contributed by atoms with van der Waals surface area (Å²) in [6.07, 6.45) is 3.63. The van der Waals surface area contributed by atoms with E-state index in [1.807, 2.05) is 13.0 Å². The van der Waals surface area contributed by atoms with Gasteiger partial charge in [-0.2, -0.15) is 0 Å². The highest BCUT2D eigenvalue weighted by Crippen LogP contribution is 2.28. The topological polar surface area (TPSA) is 38.7 Å². The van der Waals surface area contributed by atoms with Gasteiger partial charge in [-0.1, -0.05) is 36.7 Å². The Labute approximate surface area is 129 Å². The lowest BCUT2D eigenvalue weighted by atomic mass is 10.1. The van der Waals surface area contributed by atoms with Gasteiger partial charge in [0.1, 0.15) is 11.0 Å². The molecule has 3 nitrogen and oxygen atoms in total. The molecule has 0 N–H and O–H groups in total. The Morgan fingerprint density at radius 3 is 2.81 bits per heavy atom. The highest BCUT2D eigenvalue weighted by molar-refractivity contribution is 6.30. The Hall–Kier alpha value is -2.00. The van der Waals surface area contributed by atoms with E-state index in [-0.39, 0.29) is 0 Å². The first-order chi connectivity index (χ1) is 10.2. The highest BCUT2D eigenvalue weighted by Gasteiger charge is 2.11.